The molecule has 0 saturated carbocycles. The molecule has 0 bridgehead atoms. The van der Waals surface area contributed by atoms with Crippen molar-refractivity contribution in [2.75, 3.05) is 0 Å². The maximum Gasteiger partial charge on any atom is 0.358 e. The fourth-order valence-corrected chi connectivity index (χ4v) is 1.81. The van der Waals surface area contributed by atoms with E-state index in [0.29, 0.717) is 18.7 Å². The SMILES string of the molecule is CCc1c(C(=O)O)nnn1CCc1ccncc1. The summed E-state index contributed by atoms with van der Waals surface area (Å²) in [5.74, 6) is -1.03. The Balaban J connectivity index is 2.12. The Bertz CT molecular complexity index is 536. The van der Waals surface area contributed by atoms with Gasteiger partial charge in [-0.2, -0.15) is 0 Å². The normalized spacial score (nSPS) is 10.5. The number of aryl methyl sites for hydroxylation is 2. The molecule has 0 radical (unpaired) electrons. The van der Waals surface area contributed by atoms with E-state index >= 15 is 0 Å². The molecule has 0 aliphatic heterocycles. The number of hydrogen-bond donors (Lipinski definition) is 1. The minimum Gasteiger partial charge on any atom is -0.476 e. The zero-order valence-corrected chi connectivity index (χ0v) is 10.1. The van der Waals surface area contributed by atoms with Gasteiger partial charge in [-0.05, 0) is 30.5 Å². The number of pyridine rings is 1. The second-order valence-electron chi connectivity index (χ2n) is 3.87. The highest BCUT2D eigenvalue weighted by Crippen LogP contribution is 2.08. The summed E-state index contributed by atoms with van der Waals surface area (Å²) in [6.45, 7) is 2.52. The van der Waals surface area contributed by atoms with Crippen LogP contribution in [0.5, 0.6) is 0 Å². The maximum absolute atomic E-state index is 10.9. The van der Waals surface area contributed by atoms with Crippen molar-refractivity contribution >= 4 is 5.97 Å². The molecule has 94 valence electrons. The number of aromatic nitrogens is 4. The van der Waals surface area contributed by atoms with Crippen molar-refractivity contribution in [3.05, 3.63) is 41.5 Å². The Morgan fingerprint density at radius 2 is 2.11 bits per heavy atom. The molecule has 2 heterocycles. The van der Waals surface area contributed by atoms with Gasteiger partial charge in [0, 0.05) is 18.9 Å². The summed E-state index contributed by atoms with van der Waals surface area (Å²) < 4.78 is 1.66. The molecule has 0 atom stereocenters. The summed E-state index contributed by atoms with van der Waals surface area (Å²) >= 11 is 0. The molecule has 0 spiro atoms. The summed E-state index contributed by atoms with van der Waals surface area (Å²) in [6, 6.07) is 3.86. The standard InChI is InChI=1S/C12H14N4O2/c1-2-10-11(12(17)18)14-15-16(10)8-5-9-3-6-13-7-4-9/h3-4,6-7H,2,5,8H2,1H3,(H,17,18). The van der Waals surface area contributed by atoms with Crippen molar-refractivity contribution in [1.82, 2.24) is 20.0 Å². The first-order valence-electron chi connectivity index (χ1n) is 5.77. The summed E-state index contributed by atoms with van der Waals surface area (Å²) in [7, 11) is 0. The highest BCUT2D eigenvalue weighted by Gasteiger charge is 2.16. The van der Waals surface area contributed by atoms with Gasteiger partial charge < -0.3 is 5.11 Å². The van der Waals surface area contributed by atoms with E-state index in [2.05, 4.69) is 15.3 Å². The highest BCUT2D eigenvalue weighted by molar-refractivity contribution is 5.86. The molecule has 0 fully saturated rings. The number of aromatic carboxylic acids is 1. The van der Waals surface area contributed by atoms with E-state index in [1.165, 1.54) is 0 Å². The van der Waals surface area contributed by atoms with Crippen LogP contribution in [0, 0.1) is 0 Å². The average molecular weight is 246 g/mol. The third-order valence-electron chi connectivity index (χ3n) is 2.74. The van der Waals surface area contributed by atoms with Crippen molar-refractivity contribution in [2.24, 2.45) is 0 Å². The molecule has 2 aromatic heterocycles. The van der Waals surface area contributed by atoms with E-state index in [4.69, 9.17) is 5.11 Å². The summed E-state index contributed by atoms with van der Waals surface area (Å²) in [4.78, 5) is 14.9. The molecule has 0 aromatic carbocycles. The van der Waals surface area contributed by atoms with Gasteiger partial charge in [0.1, 0.15) is 0 Å². The molecule has 1 N–H and O–H groups in total. The third kappa shape index (κ3) is 2.53. The van der Waals surface area contributed by atoms with E-state index < -0.39 is 5.97 Å². The molecular formula is C12H14N4O2. The minimum absolute atomic E-state index is 0.0484. The van der Waals surface area contributed by atoms with E-state index in [1.807, 2.05) is 19.1 Å². The predicted octanol–water partition coefficient (Wildman–Crippen LogP) is 1.18. The van der Waals surface area contributed by atoms with Crippen LogP contribution in [0.4, 0.5) is 0 Å². The van der Waals surface area contributed by atoms with E-state index in [1.54, 1.807) is 17.1 Å². The number of carboxylic acid groups (broad SMARTS) is 1. The predicted molar refractivity (Wildman–Crippen MR) is 64.3 cm³/mol. The lowest BCUT2D eigenvalue weighted by Gasteiger charge is -2.05. The van der Waals surface area contributed by atoms with Crippen molar-refractivity contribution < 1.29 is 9.90 Å². The second-order valence-corrected chi connectivity index (χ2v) is 3.87. The fourth-order valence-electron chi connectivity index (χ4n) is 1.81. The lowest BCUT2D eigenvalue weighted by molar-refractivity contribution is 0.0689. The Kier molecular flexibility index (Phi) is 3.66. The van der Waals surface area contributed by atoms with Gasteiger partial charge in [0.05, 0.1) is 5.69 Å². The quantitative estimate of drug-likeness (QED) is 0.856. The van der Waals surface area contributed by atoms with E-state index in [9.17, 15) is 4.79 Å². The van der Waals surface area contributed by atoms with Gasteiger partial charge in [-0.25, -0.2) is 9.48 Å². The van der Waals surface area contributed by atoms with Gasteiger partial charge in [-0.15, -0.1) is 5.10 Å². The number of hydrogen-bond acceptors (Lipinski definition) is 4. The van der Waals surface area contributed by atoms with Crippen LogP contribution < -0.4 is 0 Å². The summed E-state index contributed by atoms with van der Waals surface area (Å²) in [5, 5.41) is 16.6. The zero-order chi connectivity index (χ0) is 13.0. The number of carboxylic acids is 1. The Morgan fingerprint density at radius 1 is 1.39 bits per heavy atom. The molecule has 0 saturated heterocycles. The van der Waals surface area contributed by atoms with Gasteiger partial charge in [0.25, 0.3) is 0 Å². The van der Waals surface area contributed by atoms with Crippen LogP contribution in [-0.4, -0.2) is 31.1 Å². The van der Waals surface area contributed by atoms with Crippen molar-refractivity contribution in [1.29, 1.82) is 0 Å². The molecular weight excluding hydrogens is 232 g/mol. The van der Waals surface area contributed by atoms with E-state index in [-0.39, 0.29) is 5.69 Å². The lowest BCUT2D eigenvalue weighted by Crippen LogP contribution is -2.09. The third-order valence-corrected chi connectivity index (χ3v) is 2.74. The summed E-state index contributed by atoms with van der Waals surface area (Å²) in [6.07, 6.45) is 4.85. The van der Waals surface area contributed by atoms with Gasteiger partial charge in [-0.1, -0.05) is 12.1 Å². The Labute approximate surface area is 104 Å². The smallest absolute Gasteiger partial charge is 0.358 e. The average Bonchev–Trinajstić information content (AvgIpc) is 2.80. The van der Waals surface area contributed by atoms with Crippen molar-refractivity contribution in [2.45, 2.75) is 26.3 Å². The minimum atomic E-state index is -1.03. The molecule has 18 heavy (non-hydrogen) atoms. The molecule has 2 rings (SSSR count). The second kappa shape index (κ2) is 5.39. The Hall–Kier alpha value is -2.24. The van der Waals surface area contributed by atoms with Crippen molar-refractivity contribution in [3.63, 3.8) is 0 Å². The lowest BCUT2D eigenvalue weighted by atomic mass is 10.2. The van der Waals surface area contributed by atoms with Gasteiger partial charge >= 0.3 is 5.97 Å². The van der Waals surface area contributed by atoms with Crippen LogP contribution >= 0.6 is 0 Å². The molecule has 0 aliphatic carbocycles. The first-order valence-corrected chi connectivity index (χ1v) is 5.77. The number of nitrogens with zero attached hydrogens (tertiary/aromatic N) is 4. The monoisotopic (exact) mass is 246 g/mol. The van der Waals surface area contributed by atoms with Crippen LogP contribution in [-0.2, 0) is 19.4 Å². The molecule has 0 amide bonds. The summed E-state index contributed by atoms with van der Waals surface area (Å²) in [5.41, 5.74) is 1.85. The van der Waals surface area contributed by atoms with Crippen LogP contribution in [0.2, 0.25) is 0 Å². The van der Waals surface area contributed by atoms with Crippen LogP contribution in [0.1, 0.15) is 28.7 Å². The zero-order valence-electron chi connectivity index (χ0n) is 10.1. The largest absolute Gasteiger partial charge is 0.476 e. The number of rotatable bonds is 5. The van der Waals surface area contributed by atoms with Crippen molar-refractivity contribution in [3.8, 4) is 0 Å². The molecule has 0 aliphatic rings. The van der Waals surface area contributed by atoms with E-state index in [0.717, 1.165) is 12.0 Å². The molecule has 6 nitrogen and oxygen atoms in total. The van der Waals surface area contributed by atoms with Gasteiger partial charge in [0.15, 0.2) is 5.69 Å². The molecule has 2 aromatic rings. The first kappa shape index (κ1) is 12.2. The van der Waals surface area contributed by atoms with Crippen LogP contribution in [0.15, 0.2) is 24.5 Å². The van der Waals surface area contributed by atoms with Crippen LogP contribution in [0.3, 0.4) is 0 Å². The fraction of sp³-hybridized carbons (Fsp3) is 0.333. The number of carbonyl (C=O) groups is 1. The Morgan fingerprint density at radius 3 is 2.72 bits per heavy atom. The topological polar surface area (TPSA) is 80.9 Å². The van der Waals surface area contributed by atoms with Crippen LogP contribution in [0.25, 0.3) is 0 Å². The molecule has 0 unspecified atom stereocenters. The van der Waals surface area contributed by atoms with Gasteiger partial charge in [0.2, 0.25) is 0 Å². The van der Waals surface area contributed by atoms with Gasteiger partial charge in [-0.3, -0.25) is 4.98 Å². The molecule has 6 heteroatoms. The first-order chi connectivity index (χ1) is 8.72. The highest BCUT2D eigenvalue weighted by atomic mass is 16.4. The maximum atomic E-state index is 10.9.